The van der Waals surface area contributed by atoms with E-state index in [0.29, 0.717) is 10.7 Å². The minimum atomic E-state index is 0.657. The van der Waals surface area contributed by atoms with Crippen LogP contribution in [0.25, 0.3) is 0 Å². The highest BCUT2D eigenvalue weighted by Crippen LogP contribution is 2.27. The number of benzene rings is 1. The normalized spacial score (nSPS) is 9.62. The second-order valence-corrected chi connectivity index (χ2v) is 3.12. The van der Waals surface area contributed by atoms with Crippen LogP contribution < -0.4 is 11.1 Å². The van der Waals surface area contributed by atoms with Gasteiger partial charge in [-0.2, -0.15) is 0 Å². The van der Waals surface area contributed by atoms with Crippen molar-refractivity contribution in [2.24, 2.45) is 0 Å². The Bertz CT molecular complexity index is 277. The van der Waals surface area contributed by atoms with Gasteiger partial charge in [0.25, 0.3) is 0 Å². The topological polar surface area (TPSA) is 38.0 Å². The van der Waals surface area contributed by atoms with Crippen molar-refractivity contribution in [3.63, 3.8) is 0 Å². The molecule has 1 aromatic rings. The van der Waals surface area contributed by atoms with Crippen molar-refractivity contribution >= 4 is 23.0 Å². The van der Waals surface area contributed by atoms with Crippen LogP contribution in [0.15, 0.2) is 30.9 Å². The maximum Gasteiger partial charge on any atom is 0.0763 e. The van der Waals surface area contributed by atoms with Gasteiger partial charge in [-0.25, -0.2) is 0 Å². The maximum atomic E-state index is 5.94. The summed E-state index contributed by atoms with van der Waals surface area (Å²) in [5, 5.41) is 3.81. The number of nitrogen functional groups attached to an aromatic ring is 1. The van der Waals surface area contributed by atoms with E-state index in [1.165, 1.54) is 0 Å². The molecule has 0 atom stereocenters. The second-order valence-electron chi connectivity index (χ2n) is 2.71. The van der Waals surface area contributed by atoms with Crippen LogP contribution in [0.2, 0.25) is 5.02 Å². The largest absolute Gasteiger partial charge is 0.397 e. The third-order valence-electron chi connectivity index (χ3n) is 1.70. The minimum absolute atomic E-state index is 0.657. The smallest absolute Gasteiger partial charge is 0.0763 e. The van der Waals surface area contributed by atoms with E-state index in [-0.39, 0.29) is 0 Å². The molecule has 0 spiro atoms. The third kappa shape index (κ3) is 2.67. The van der Waals surface area contributed by atoms with E-state index in [2.05, 4.69) is 11.9 Å². The lowest BCUT2D eigenvalue weighted by atomic mass is 10.2. The van der Waals surface area contributed by atoms with Gasteiger partial charge in [-0.1, -0.05) is 23.7 Å². The molecule has 0 fully saturated rings. The Hall–Kier alpha value is -1.15. The highest BCUT2D eigenvalue weighted by atomic mass is 35.5. The minimum Gasteiger partial charge on any atom is -0.397 e. The maximum absolute atomic E-state index is 5.94. The lowest BCUT2D eigenvalue weighted by Crippen LogP contribution is -2.03. The quantitative estimate of drug-likeness (QED) is 0.442. The van der Waals surface area contributed by atoms with Crippen molar-refractivity contribution in [3.8, 4) is 0 Å². The molecule has 0 aliphatic rings. The molecule has 1 rings (SSSR count). The zero-order valence-electron chi connectivity index (χ0n) is 7.39. The van der Waals surface area contributed by atoms with Crippen LogP contribution in [0.4, 0.5) is 11.4 Å². The summed E-state index contributed by atoms with van der Waals surface area (Å²) in [6, 6.07) is 5.46. The Morgan fingerprint density at radius 1 is 1.54 bits per heavy atom. The van der Waals surface area contributed by atoms with Crippen LogP contribution in [0.5, 0.6) is 0 Å². The highest BCUT2D eigenvalue weighted by Gasteiger charge is 2.01. The predicted octanol–water partition coefficient (Wildman–Crippen LogP) is 2.91. The zero-order chi connectivity index (χ0) is 9.68. The highest BCUT2D eigenvalue weighted by molar-refractivity contribution is 6.33. The van der Waals surface area contributed by atoms with Crippen molar-refractivity contribution in [3.05, 3.63) is 35.9 Å². The van der Waals surface area contributed by atoms with Crippen LogP contribution in [-0.4, -0.2) is 6.54 Å². The molecule has 1 aromatic carbocycles. The SMILES string of the molecule is C=CCCNc1c(N)cccc1Cl. The van der Waals surface area contributed by atoms with Gasteiger partial charge in [0, 0.05) is 6.54 Å². The molecule has 0 unspecified atom stereocenters. The monoisotopic (exact) mass is 196 g/mol. The molecule has 0 aliphatic heterocycles. The Morgan fingerprint density at radius 3 is 2.92 bits per heavy atom. The number of para-hydroxylation sites is 1. The molecular weight excluding hydrogens is 184 g/mol. The zero-order valence-corrected chi connectivity index (χ0v) is 8.14. The van der Waals surface area contributed by atoms with Crippen LogP contribution in [-0.2, 0) is 0 Å². The Morgan fingerprint density at radius 2 is 2.31 bits per heavy atom. The van der Waals surface area contributed by atoms with Crippen molar-refractivity contribution < 1.29 is 0 Å². The Labute approximate surface area is 83.4 Å². The molecule has 13 heavy (non-hydrogen) atoms. The molecule has 3 heteroatoms. The molecule has 0 heterocycles. The lowest BCUT2D eigenvalue weighted by molar-refractivity contribution is 1.07. The molecule has 2 nitrogen and oxygen atoms in total. The van der Waals surface area contributed by atoms with E-state index in [0.717, 1.165) is 18.7 Å². The van der Waals surface area contributed by atoms with E-state index < -0.39 is 0 Å². The average molecular weight is 197 g/mol. The first kappa shape index (κ1) is 9.93. The lowest BCUT2D eigenvalue weighted by Gasteiger charge is -2.09. The van der Waals surface area contributed by atoms with Gasteiger partial charge in [0.1, 0.15) is 0 Å². The fourth-order valence-corrected chi connectivity index (χ4v) is 1.28. The number of hydrogen-bond donors (Lipinski definition) is 2. The molecular formula is C10H13ClN2. The first-order valence-corrected chi connectivity index (χ1v) is 4.52. The molecule has 0 aliphatic carbocycles. The van der Waals surface area contributed by atoms with Crippen LogP contribution in [0.1, 0.15) is 6.42 Å². The number of nitrogens with two attached hydrogens (primary N) is 1. The van der Waals surface area contributed by atoms with Crippen molar-refractivity contribution in [1.29, 1.82) is 0 Å². The molecule has 0 amide bonds. The van der Waals surface area contributed by atoms with E-state index in [9.17, 15) is 0 Å². The number of nitrogens with one attached hydrogen (secondary N) is 1. The summed E-state index contributed by atoms with van der Waals surface area (Å²) in [6.45, 7) is 4.44. The van der Waals surface area contributed by atoms with E-state index in [1.807, 2.05) is 24.3 Å². The van der Waals surface area contributed by atoms with Gasteiger partial charge in [-0.15, -0.1) is 6.58 Å². The average Bonchev–Trinajstić information content (AvgIpc) is 2.10. The van der Waals surface area contributed by atoms with Crippen molar-refractivity contribution in [1.82, 2.24) is 0 Å². The van der Waals surface area contributed by atoms with Gasteiger partial charge in [0.05, 0.1) is 16.4 Å². The van der Waals surface area contributed by atoms with Gasteiger partial charge in [0.15, 0.2) is 0 Å². The van der Waals surface area contributed by atoms with Gasteiger partial charge in [0.2, 0.25) is 0 Å². The summed E-state index contributed by atoms with van der Waals surface area (Å²) >= 11 is 5.94. The fourth-order valence-electron chi connectivity index (χ4n) is 1.03. The van der Waals surface area contributed by atoms with E-state index >= 15 is 0 Å². The number of anilines is 2. The summed E-state index contributed by atoms with van der Waals surface area (Å²) in [7, 11) is 0. The van der Waals surface area contributed by atoms with E-state index in [4.69, 9.17) is 17.3 Å². The standard InChI is InChI=1S/C10H13ClN2/c1-2-3-7-13-10-8(11)5-4-6-9(10)12/h2,4-6,13H,1,3,7,12H2. The number of rotatable bonds is 4. The molecule has 0 aromatic heterocycles. The first-order chi connectivity index (χ1) is 6.25. The molecule has 0 saturated carbocycles. The molecule has 0 saturated heterocycles. The van der Waals surface area contributed by atoms with Crippen LogP contribution in [0, 0.1) is 0 Å². The number of hydrogen-bond acceptors (Lipinski definition) is 2. The van der Waals surface area contributed by atoms with Crippen molar-refractivity contribution in [2.45, 2.75) is 6.42 Å². The van der Waals surface area contributed by atoms with E-state index in [1.54, 1.807) is 0 Å². The summed E-state index contributed by atoms with van der Waals surface area (Å²) in [4.78, 5) is 0. The molecule has 70 valence electrons. The van der Waals surface area contributed by atoms with Crippen LogP contribution >= 0.6 is 11.6 Å². The molecule has 0 bridgehead atoms. The van der Waals surface area contributed by atoms with Gasteiger partial charge in [-0.3, -0.25) is 0 Å². The van der Waals surface area contributed by atoms with Crippen LogP contribution in [0.3, 0.4) is 0 Å². The third-order valence-corrected chi connectivity index (χ3v) is 2.01. The fraction of sp³-hybridized carbons (Fsp3) is 0.200. The van der Waals surface area contributed by atoms with Crippen molar-refractivity contribution in [2.75, 3.05) is 17.6 Å². The second kappa shape index (κ2) is 4.77. The molecule has 3 N–H and O–H groups in total. The van der Waals surface area contributed by atoms with Gasteiger partial charge in [-0.05, 0) is 18.6 Å². The Kier molecular flexibility index (Phi) is 3.65. The summed E-state index contributed by atoms with van der Waals surface area (Å²) in [5.74, 6) is 0. The predicted molar refractivity (Wildman–Crippen MR) is 59.2 cm³/mol. The summed E-state index contributed by atoms with van der Waals surface area (Å²) < 4.78 is 0. The van der Waals surface area contributed by atoms with Gasteiger partial charge >= 0.3 is 0 Å². The summed E-state index contributed by atoms with van der Waals surface area (Å²) in [5.41, 5.74) is 7.22. The number of halogens is 1. The molecule has 0 radical (unpaired) electrons. The van der Waals surface area contributed by atoms with Gasteiger partial charge < -0.3 is 11.1 Å². The summed E-state index contributed by atoms with van der Waals surface area (Å²) in [6.07, 6.45) is 2.74. The first-order valence-electron chi connectivity index (χ1n) is 4.14. The Balaban J connectivity index is 2.69.